The third-order valence-corrected chi connectivity index (χ3v) is 5.83. The number of aliphatic imine (C=N–C) groups is 1. The van der Waals surface area contributed by atoms with Gasteiger partial charge in [0.1, 0.15) is 5.82 Å². The molecule has 2 heterocycles. The van der Waals surface area contributed by atoms with Gasteiger partial charge >= 0.3 is 0 Å². The highest BCUT2D eigenvalue weighted by Crippen LogP contribution is 2.30. The molecule has 1 aliphatic rings. The van der Waals surface area contributed by atoms with E-state index in [1.165, 1.54) is 6.07 Å². The number of fused-ring (bicyclic) bond motifs is 1. The number of anilines is 1. The number of aromatic amines is 1. The van der Waals surface area contributed by atoms with Crippen LogP contribution in [0, 0.1) is 5.82 Å². The van der Waals surface area contributed by atoms with E-state index in [1.54, 1.807) is 6.21 Å². The standard InChI is InChI=1S/C23H27FN4O/c1-3-27(4-2)17-11-12-28(15-17)22-10-9-16(13-20(22)24)25-14-19-18-7-5-6-8-21(18)26-23(19)29/h5-10,13-14,17,26,29H,3-4,11-12,15H2,1-2H3. The molecular weight excluding hydrogens is 367 g/mol. The second-order valence-corrected chi connectivity index (χ2v) is 7.44. The van der Waals surface area contributed by atoms with Crippen molar-refractivity contribution >= 4 is 28.5 Å². The molecule has 5 nitrogen and oxygen atoms in total. The number of likely N-dealkylation sites (N-methyl/N-ethyl adjacent to an activating group) is 1. The van der Waals surface area contributed by atoms with Gasteiger partial charge in [0.15, 0.2) is 5.88 Å². The van der Waals surface area contributed by atoms with Gasteiger partial charge in [0, 0.05) is 42.3 Å². The summed E-state index contributed by atoms with van der Waals surface area (Å²) in [5.41, 5.74) is 2.60. The number of aromatic nitrogens is 1. The first-order valence-electron chi connectivity index (χ1n) is 10.2. The average molecular weight is 394 g/mol. The molecule has 1 aromatic heterocycles. The van der Waals surface area contributed by atoms with Crippen molar-refractivity contribution in [1.82, 2.24) is 9.88 Å². The lowest BCUT2D eigenvalue weighted by Crippen LogP contribution is -2.37. The molecule has 3 aromatic rings. The first kappa shape index (κ1) is 19.5. The maximum atomic E-state index is 14.8. The van der Waals surface area contributed by atoms with Gasteiger partial charge in [0.05, 0.1) is 16.9 Å². The average Bonchev–Trinajstić information content (AvgIpc) is 3.32. The third kappa shape index (κ3) is 3.85. The van der Waals surface area contributed by atoms with Crippen molar-refractivity contribution in [3.63, 3.8) is 0 Å². The Kier molecular flexibility index (Phi) is 5.53. The Hall–Kier alpha value is -2.86. The van der Waals surface area contributed by atoms with Crippen LogP contribution in [0.3, 0.4) is 0 Å². The van der Waals surface area contributed by atoms with Crippen LogP contribution in [0.4, 0.5) is 15.8 Å². The smallest absolute Gasteiger partial charge is 0.198 e. The summed E-state index contributed by atoms with van der Waals surface area (Å²) in [4.78, 5) is 11.9. The lowest BCUT2D eigenvalue weighted by molar-refractivity contribution is 0.232. The van der Waals surface area contributed by atoms with E-state index in [0.29, 0.717) is 23.0 Å². The summed E-state index contributed by atoms with van der Waals surface area (Å²) in [6, 6.07) is 13.2. The predicted octanol–water partition coefficient (Wildman–Crippen LogP) is 4.68. The van der Waals surface area contributed by atoms with Crippen molar-refractivity contribution in [2.45, 2.75) is 26.3 Å². The third-order valence-electron chi connectivity index (χ3n) is 5.83. The number of nitrogens with one attached hydrogen (secondary N) is 1. The summed E-state index contributed by atoms with van der Waals surface area (Å²) in [6.45, 7) is 8.10. The number of para-hydroxylation sites is 1. The summed E-state index contributed by atoms with van der Waals surface area (Å²) >= 11 is 0. The molecule has 152 valence electrons. The van der Waals surface area contributed by atoms with E-state index >= 15 is 0 Å². The lowest BCUT2D eigenvalue weighted by atomic mass is 10.2. The highest BCUT2D eigenvalue weighted by Gasteiger charge is 2.27. The molecule has 1 unspecified atom stereocenters. The fraction of sp³-hybridized carbons (Fsp3) is 0.348. The number of benzene rings is 2. The quantitative estimate of drug-likeness (QED) is 0.597. The summed E-state index contributed by atoms with van der Waals surface area (Å²) in [7, 11) is 0. The second kappa shape index (κ2) is 8.25. The zero-order valence-corrected chi connectivity index (χ0v) is 16.9. The first-order valence-corrected chi connectivity index (χ1v) is 10.2. The molecule has 0 saturated carbocycles. The molecule has 0 amide bonds. The van der Waals surface area contributed by atoms with Crippen LogP contribution in [-0.2, 0) is 0 Å². The van der Waals surface area contributed by atoms with E-state index in [-0.39, 0.29) is 11.7 Å². The number of aromatic hydroxyl groups is 1. The minimum atomic E-state index is -0.261. The minimum Gasteiger partial charge on any atom is -0.494 e. The number of halogens is 1. The summed E-state index contributed by atoms with van der Waals surface area (Å²) in [6.07, 6.45) is 2.63. The number of hydrogen-bond acceptors (Lipinski definition) is 4. The second-order valence-electron chi connectivity index (χ2n) is 7.44. The van der Waals surface area contributed by atoms with Crippen molar-refractivity contribution in [1.29, 1.82) is 0 Å². The topological polar surface area (TPSA) is 54.9 Å². The molecule has 2 aromatic carbocycles. The van der Waals surface area contributed by atoms with Gasteiger partial charge in [0.25, 0.3) is 0 Å². The Bertz CT molecular complexity index is 1020. The van der Waals surface area contributed by atoms with E-state index in [9.17, 15) is 9.50 Å². The Morgan fingerprint density at radius 3 is 2.79 bits per heavy atom. The monoisotopic (exact) mass is 394 g/mol. The van der Waals surface area contributed by atoms with E-state index in [0.717, 1.165) is 43.5 Å². The molecule has 29 heavy (non-hydrogen) atoms. The SMILES string of the molecule is CCN(CC)C1CCN(c2ccc(N=Cc3c(O)[nH]c4ccccc34)cc2F)C1. The Balaban J connectivity index is 1.52. The zero-order valence-electron chi connectivity index (χ0n) is 16.9. The fourth-order valence-electron chi connectivity index (χ4n) is 4.25. The van der Waals surface area contributed by atoms with Crippen LogP contribution in [0.15, 0.2) is 47.5 Å². The molecule has 0 spiro atoms. The van der Waals surface area contributed by atoms with E-state index in [2.05, 4.69) is 33.6 Å². The molecule has 0 bridgehead atoms. The Morgan fingerprint density at radius 2 is 2.03 bits per heavy atom. The van der Waals surface area contributed by atoms with Gasteiger partial charge < -0.3 is 15.0 Å². The molecular formula is C23H27FN4O. The van der Waals surface area contributed by atoms with E-state index < -0.39 is 0 Å². The van der Waals surface area contributed by atoms with Crippen LogP contribution in [0.1, 0.15) is 25.8 Å². The van der Waals surface area contributed by atoms with Gasteiger partial charge in [-0.2, -0.15) is 0 Å². The lowest BCUT2D eigenvalue weighted by Gasteiger charge is -2.26. The molecule has 1 aliphatic heterocycles. The summed E-state index contributed by atoms with van der Waals surface area (Å²) in [5, 5.41) is 11.0. The molecule has 6 heteroatoms. The van der Waals surface area contributed by atoms with Crippen LogP contribution in [0.2, 0.25) is 0 Å². The molecule has 1 saturated heterocycles. The van der Waals surface area contributed by atoms with E-state index in [1.807, 2.05) is 36.4 Å². The predicted molar refractivity (Wildman–Crippen MR) is 117 cm³/mol. The number of rotatable bonds is 6. The van der Waals surface area contributed by atoms with Crippen molar-refractivity contribution < 1.29 is 9.50 Å². The zero-order chi connectivity index (χ0) is 20.4. The highest BCUT2D eigenvalue weighted by molar-refractivity contribution is 6.02. The number of hydrogen-bond donors (Lipinski definition) is 2. The van der Waals surface area contributed by atoms with Crippen LogP contribution < -0.4 is 4.90 Å². The van der Waals surface area contributed by atoms with Crippen LogP contribution in [-0.4, -0.2) is 53.4 Å². The van der Waals surface area contributed by atoms with Crippen molar-refractivity contribution in [2.24, 2.45) is 4.99 Å². The first-order chi connectivity index (χ1) is 14.1. The Labute approximate surface area is 170 Å². The summed E-state index contributed by atoms with van der Waals surface area (Å²) < 4.78 is 14.8. The largest absolute Gasteiger partial charge is 0.494 e. The molecule has 0 aliphatic carbocycles. The van der Waals surface area contributed by atoms with Gasteiger partial charge in [-0.3, -0.25) is 9.89 Å². The Morgan fingerprint density at radius 1 is 1.24 bits per heavy atom. The van der Waals surface area contributed by atoms with Gasteiger partial charge in [-0.25, -0.2) is 4.39 Å². The van der Waals surface area contributed by atoms with Gasteiger partial charge in [0.2, 0.25) is 0 Å². The maximum absolute atomic E-state index is 14.8. The minimum absolute atomic E-state index is 0.0616. The molecule has 4 rings (SSSR count). The van der Waals surface area contributed by atoms with Crippen molar-refractivity contribution in [3.8, 4) is 5.88 Å². The number of H-pyrrole nitrogens is 1. The molecule has 0 radical (unpaired) electrons. The normalized spacial score (nSPS) is 17.2. The maximum Gasteiger partial charge on any atom is 0.198 e. The van der Waals surface area contributed by atoms with Crippen LogP contribution >= 0.6 is 0 Å². The van der Waals surface area contributed by atoms with Crippen molar-refractivity contribution in [3.05, 3.63) is 53.8 Å². The number of nitrogens with zero attached hydrogens (tertiary/aromatic N) is 3. The van der Waals surface area contributed by atoms with Gasteiger partial charge in [-0.1, -0.05) is 32.0 Å². The highest BCUT2D eigenvalue weighted by atomic mass is 19.1. The summed E-state index contributed by atoms with van der Waals surface area (Å²) in [5.74, 6) is -0.199. The van der Waals surface area contributed by atoms with Gasteiger partial charge in [-0.05, 0) is 37.7 Å². The van der Waals surface area contributed by atoms with Crippen molar-refractivity contribution in [2.75, 3.05) is 31.1 Å². The molecule has 1 fully saturated rings. The fourth-order valence-corrected chi connectivity index (χ4v) is 4.25. The van der Waals surface area contributed by atoms with Crippen LogP contribution in [0.25, 0.3) is 10.9 Å². The van der Waals surface area contributed by atoms with Crippen LogP contribution in [0.5, 0.6) is 5.88 Å². The van der Waals surface area contributed by atoms with E-state index in [4.69, 9.17) is 0 Å². The molecule has 2 N–H and O–H groups in total. The molecule has 1 atom stereocenters. The van der Waals surface area contributed by atoms with Gasteiger partial charge in [-0.15, -0.1) is 0 Å².